The molecule has 0 saturated heterocycles. The van der Waals surface area contributed by atoms with E-state index < -0.39 is 0 Å². The van der Waals surface area contributed by atoms with Crippen molar-refractivity contribution in [3.8, 4) is 10.6 Å². The summed E-state index contributed by atoms with van der Waals surface area (Å²) in [5.74, 6) is 1.04. The molecule has 2 heterocycles. The van der Waals surface area contributed by atoms with Crippen LogP contribution in [0.4, 0.5) is 0 Å². The predicted octanol–water partition coefficient (Wildman–Crippen LogP) is 3.31. The first-order valence-corrected chi connectivity index (χ1v) is 6.72. The summed E-state index contributed by atoms with van der Waals surface area (Å²) in [5.41, 5.74) is 6.63. The second-order valence-electron chi connectivity index (χ2n) is 3.74. The number of aromatic nitrogens is 2. The van der Waals surface area contributed by atoms with Gasteiger partial charge in [0.05, 0.1) is 14.9 Å². The van der Waals surface area contributed by atoms with Gasteiger partial charge in [0.1, 0.15) is 5.82 Å². The Morgan fingerprint density at radius 3 is 2.82 bits per heavy atom. The predicted molar refractivity (Wildman–Crippen MR) is 72.4 cm³/mol. The Balaban J connectivity index is 2.34. The maximum atomic E-state index is 5.92. The molecule has 0 aliphatic carbocycles. The third kappa shape index (κ3) is 2.83. The van der Waals surface area contributed by atoms with Gasteiger partial charge in [-0.2, -0.15) is 0 Å². The van der Waals surface area contributed by atoms with Gasteiger partial charge in [-0.05, 0) is 24.6 Å². The topological polar surface area (TPSA) is 51.8 Å². The van der Waals surface area contributed by atoms with Crippen molar-refractivity contribution in [3.05, 3.63) is 34.6 Å². The van der Waals surface area contributed by atoms with E-state index in [2.05, 4.69) is 16.9 Å². The van der Waals surface area contributed by atoms with Crippen molar-refractivity contribution in [2.75, 3.05) is 6.54 Å². The van der Waals surface area contributed by atoms with Crippen LogP contribution in [0.15, 0.2) is 24.4 Å². The van der Waals surface area contributed by atoms with E-state index in [4.69, 9.17) is 17.3 Å². The smallest absolute Gasteiger partial charge is 0.133 e. The summed E-state index contributed by atoms with van der Waals surface area (Å²) in [6.07, 6.45) is 2.73. The van der Waals surface area contributed by atoms with Gasteiger partial charge in [0.25, 0.3) is 0 Å². The average molecular weight is 268 g/mol. The van der Waals surface area contributed by atoms with E-state index in [0.29, 0.717) is 6.54 Å². The lowest BCUT2D eigenvalue weighted by molar-refractivity contribution is 0.631. The highest BCUT2D eigenvalue weighted by atomic mass is 35.5. The number of rotatable bonds is 4. The average Bonchev–Trinajstić information content (AvgIpc) is 2.78. The standard InChI is InChI=1S/C12H14ClN3S/c1-2-8(7-14)12-15-6-5-9(16-12)10-3-4-11(13)17-10/h3-6,8H,2,7,14H2,1H3. The Morgan fingerprint density at radius 2 is 2.24 bits per heavy atom. The lowest BCUT2D eigenvalue weighted by Crippen LogP contribution is -2.14. The Hall–Kier alpha value is -0.970. The fourth-order valence-electron chi connectivity index (χ4n) is 1.61. The van der Waals surface area contributed by atoms with Crippen LogP contribution in [0, 0.1) is 0 Å². The van der Waals surface area contributed by atoms with E-state index in [1.165, 1.54) is 11.3 Å². The van der Waals surface area contributed by atoms with Gasteiger partial charge in [-0.1, -0.05) is 18.5 Å². The fourth-order valence-corrected chi connectivity index (χ4v) is 2.63. The summed E-state index contributed by atoms with van der Waals surface area (Å²) >= 11 is 7.44. The quantitative estimate of drug-likeness (QED) is 0.925. The second-order valence-corrected chi connectivity index (χ2v) is 5.46. The zero-order chi connectivity index (χ0) is 12.3. The van der Waals surface area contributed by atoms with Gasteiger partial charge in [0, 0.05) is 18.7 Å². The minimum absolute atomic E-state index is 0.227. The molecular weight excluding hydrogens is 254 g/mol. The molecule has 5 heteroatoms. The van der Waals surface area contributed by atoms with Crippen LogP contribution in [0.1, 0.15) is 25.1 Å². The van der Waals surface area contributed by atoms with Crippen LogP contribution in [0.25, 0.3) is 10.6 Å². The van der Waals surface area contributed by atoms with E-state index in [0.717, 1.165) is 27.2 Å². The van der Waals surface area contributed by atoms with Crippen molar-refractivity contribution in [3.63, 3.8) is 0 Å². The molecule has 0 aliphatic rings. The van der Waals surface area contributed by atoms with E-state index >= 15 is 0 Å². The van der Waals surface area contributed by atoms with E-state index in [1.807, 2.05) is 18.2 Å². The normalized spacial score (nSPS) is 12.6. The molecule has 2 aromatic heterocycles. The summed E-state index contributed by atoms with van der Waals surface area (Å²) in [7, 11) is 0. The van der Waals surface area contributed by atoms with E-state index in [1.54, 1.807) is 6.20 Å². The van der Waals surface area contributed by atoms with Crippen molar-refractivity contribution in [1.29, 1.82) is 0 Å². The van der Waals surface area contributed by atoms with Crippen molar-refractivity contribution >= 4 is 22.9 Å². The van der Waals surface area contributed by atoms with Crippen molar-refractivity contribution in [2.45, 2.75) is 19.3 Å². The third-order valence-corrected chi connectivity index (χ3v) is 3.90. The SMILES string of the molecule is CCC(CN)c1nccc(-c2ccc(Cl)s2)n1. The molecule has 90 valence electrons. The van der Waals surface area contributed by atoms with Crippen LogP contribution in [0.2, 0.25) is 4.34 Å². The maximum absolute atomic E-state index is 5.92. The molecule has 2 N–H and O–H groups in total. The van der Waals surface area contributed by atoms with E-state index in [9.17, 15) is 0 Å². The molecule has 0 spiro atoms. The number of nitrogens with zero attached hydrogens (tertiary/aromatic N) is 2. The van der Waals surface area contributed by atoms with Gasteiger partial charge in [-0.3, -0.25) is 0 Å². The van der Waals surface area contributed by atoms with Crippen LogP contribution in [0.5, 0.6) is 0 Å². The van der Waals surface area contributed by atoms with Crippen LogP contribution >= 0.6 is 22.9 Å². The molecule has 2 aromatic rings. The second kappa shape index (κ2) is 5.58. The van der Waals surface area contributed by atoms with Gasteiger partial charge in [-0.25, -0.2) is 9.97 Å². The van der Waals surface area contributed by atoms with E-state index in [-0.39, 0.29) is 5.92 Å². The summed E-state index contributed by atoms with van der Waals surface area (Å²) in [5, 5.41) is 0. The molecule has 0 bridgehead atoms. The third-order valence-electron chi connectivity index (χ3n) is 2.64. The van der Waals surface area contributed by atoms with Gasteiger partial charge in [0.15, 0.2) is 0 Å². The Morgan fingerprint density at radius 1 is 1.41 bits per heavy atom. The zero-order valence-corrected chi connectivity index (χ0v) is 11.1. The van der Waals surface area contributed by atoms with Gasteiger partial charge in [-0.15, -0.1) is 11.3 Å². The number of thiophene rings is 1. The lowest BCUT2D eigenvalue weighted by Gasteiger charge is -2.10. The van der Waals surface area contributed by atoms with Crippen LogP contribution in [0.3, 0.4) is 0 Å². The molecule has 0 amide bonds. The van der Waals surface area contributed by atoms with Crippen molar-refractivity contribution in [1.82, 2.24) is 9.97 Å². The molecule has 1 atom stereocenters. The largest absolute Gasteiger partial charge is 0.330 e. The number of halogens is 1. The molecule has 1 unspecified atom stereocenters. The molecular formula is C12H14ClN3S. The molecule has 0 radical (unpaired) electrons. The molecule has 0 aliphatic heterocycles. The van der Waals surface area contributed by atoms with Crippen LogP contribution in [-0.4, -0.2) is 16.5 Å². The molecule has 3 nitrogen and oxygen atoms in total. The lowest BCUT2D eigenvalue weighted by atomic mass is 10.1. The Kier molecular flexibility index (Phi) is 4.10. The van der Waals surface area contributed by atoms with Crippen molar-refractivity contribution < 1.29 is 0 Å². The molecule has 0 fully saturated rings. The zero-order valence-electron chi connectivity index (χ0n) is 9.56. The highest BCUT2D eigenvalue weighted by Crippen LogP contribution is 2.30. The maximum Gasteiger partial charge on any atom is 0.133 e. The van der Waals surface area contributed by atoms with Crippen LogP contribution in [-0.2, 0) is 0 Å². The molecule has 0 aromatic carbocycles. The summed E-state index contributed by atoms with van der Waals surface area (Å²) in [6, 6.07) is 5.75. The van der Waals surface area contributed by atoms with Gasteiger partial charge < -0.3 is 5.73 Å². The highest BCUT2D eigenvalue weighted by Gasteiger charge is 2.12. The fraction of sp³-hybridized carbons (Fsp3) is 0.333. The molecule has 2 rings (SSSR count). The number of nitrogens with two attached hydrogens (primary N) is 1. The minimum Gasteiger partial charge on any atom is -0.330 e. The number of hydrogen-bond donors (Lipinski definition) is 1. The summed E-state index contributed by atoms with van der Waals surface area (Å²) in [4.78, 5) is 9.91. The summed E-state index contributed by atoms with van der Waals surface area (Å²) in [6.45, 7) is 2.67. The summed E-state index contributed by atoms with van der Waals surface area (Å²) < 4.78 is 0.769. The Labute approximate surface area is 110 Å². The van der Waals surface area contributed by atoms with Gasteiger partial charge >= 0.3 is 0 Å². The van der Waals surface area contributed by atoms with Crippen LogP contribution < -0.4 is 5.73 Å². The van der Waals surface area contributed by atoms with Gasteiger partial charge in [0.2, 0.25) is 0 Å². The first kappa shape index (κ1) is 12.5. The highest BCUT2D eigenvalue weighted by molar-refractivity contribution is 7.19. The number of hydrogen-bond acceptors (Lipinski definition) is 4. The minimum atomic E-state index is 0.227. The Bertz CT molecular complexity index is 494. The molecule has 17 heavy (non-hydrogen) atoms. The molecule has 0 saturated carbocycles. The first-order chi connectivity index (χ1) is 8.24. The first-order valence-electron chi connectivity index (χ1n) is 5.53. The van der Waals surface area contributed by atoms with Crippen molar-refractivity contribution in [2.24, 2.45) is 5.73 Å². The monoisotopic (exact) mass is 267 g/mol.